The van der Waals surface area contributed by atoms with Crippen LogP contribution in [0.3, 0.4) is 0 Å². The molecular weight excluding hydrogens is 292 g/mol. The van der Waals surface area contributed by atoms with Crippen LogP contribution in [-0.2, 0) is 6.54 Å². The van der Waals surface area contributed by atoms with Gasteiger partial charge in [-0.3, -0.25) is 19.9 Å². The van der Waals surface area contributed by atoms with Crippen LogP contribution >= 0.6 is 11.3 Å². The quantitative estimate of drug-likeness (QED) is 0.693. The largest absolute Gasteiger partial charge is 0.347 e. The molecule has 0 unspecified atom stereocenters. The Morgan fingerprint density at radius 3 is 2.70 bits per heavy atom. The molecule has 1 N–H and O–H groups in total. The Balaban J connectivity index is 2.24. The molecule has 1 amide bonds. The maximum atomic E-state index is 13.1. The molecule has 2 rings (SSSR count). The van der Waals surface area contributed by atoms with Crippen LogP contribution < -0.4 is 5.32 Å². The molecule has 1 heterocycles. The van der Waals surface area contributed by atoms with Crippen LogP contribution in [0.4, 0.5) is 14.5 Å². The summed E-state index contributed by atoms with van der Waals surface area (Å²) in [6, 6.07) is 0.895. The number of carbonyl (C=O) groups is 1. The SMILES string of the molecule is O=C(NCc1cncs1)c1cc(F)c(F)cc1[N+](=O)[O-]. The summed E-state index contributed by atoms with van der Waals surface area (Å²) in [5.41, 5.74) is 0.241. The summed E-state index contributed by atoms with van der Waals surface area (Å²) in [4.78, 5) is 26.1. The molecule has 0 bridgehead atoms. The topological polar surface area (TPSA) is 85.1 Å². The van der Waals surface area contributed by atoms with Gasteiger partial charge in [-0.05, 0) is 6.07 Å². The Bertz CT molecular complexity index is 661. The lowest BCUT2D eigenvalue weighted by molar-refractivity contribution is -0.385. The molecule has 0 atom stereocenters. The standard InChI is InChI=1S/C11H7F2N3O3S/c12-8-1-7(10(16(18)19)2-9(8)13)11(17)15-4-6-3-14-5-20-6/h1-3,5H,4H2,(H,15,17). The molecule has 6 nitrogen and oxygen atoms in total. The average molecular weight is 299 g/mol. The van der Waals surface area contributed by atoms with E-state index in [0.29, 0.717) is 12.1 Å². The van der Waals surface area contributed by atoms with Gasteiger partial charge in [-0.2, -0.15) is 0 Å². The van der Waals surface area contributed by atoms with Crippen molar-refractivity contribution in [3.63, 3.8) is 0 Å². The zero-order chi connectivity index (χ0) is 14.7. The second-order valence-electron chi connectivity index (χ2n) is 3.69. The fraction of sp³-hybridized carbons (Fsp3) is 0.0909. The van der Waals surface area contributed by atoms with Crippen LogP contribution in [-0.4, -0.2) is 15.8 Å². The first-order valence-electron chi connectivity index (χ1n) is 5.28. The fourth-order valence-electron chi connectivity index (χ4n) is 1.46. The van der Waals surface area contributed by atoms with Gasteiger partial charge in [0.1, 0.15) is 5.56 Å². The van der Waals surface area contributed by atoms with Crippen LogP contribution in [0.5, 0.6) is 0 Å². The van der Waals surface area contributed by atoms with Gasteiger partial charge in [0, 0.05) is 11.1 Å². The predicted molar refractivity (Wildman–Crippen MR) is 66.3 cm³/mol. The third-order valence-corrected chi connectivity index (χ3v) is 3.17. The number of amides is 1. The van der Waals surface area contributed by atoms with Crippen LogP contribution in [0.25, 0.3) is 0 Å². The highest BCUT2D eigenvalue weighted by Crippen LogP contribution is 2.22. The van der Waals surface area contributed by atoms with Crippen LogP contribution in [0.1, 0.15) is 15.2 Å². The van der Waals surface area contributed by atoms with Gasteiger partial charge in [-0.25, -0.2) is 8.78 Å². The molecule has 0 radical (unpaired) electrons. The number of nitro groups is 1. The summed E-state index contributed by atoms with van der Waals surface area (Å²) in [6.07, 6.45) is 1.52. The Morgan fingerprint density at radius 1 is 1.40 bits per heavy atom. The van der Waals surface area contributed by atoms with Crippen LogP contribution in [0.2, 0.25) is 0 Å². The third kappa shape index (κ3) is 2.94. The lowest BCUT2D eigenvalue weighted by Gasteiger charge is -2.05. The zero-order valence-electron chi connectivity index (χ0n) is 9.80. The van der Waals surface area contributed by atoms with Gasteiger partial charge in [0.15, 0.2) is 11.6 Å². The predicted octanol–water partition coefficient (Wildman–Crippen LogP) is 2.26. The van der Waals surface area contributed by atoms with Crippen molar-refractivity contribution in [2.45, 2.75) is 6.54 Å². The summed E-state index contributed by atoms with van der Waals surface area (Å²) in [6.45, 7) is 0.0969. The molecule has 0 aliphatic carbocycles. The van der Waals surface area contributed by atoms with E-state index in [9.17, 15) is 23.7 Å². The van der Waals surface area contributed by atoms with E-state index in [1.54, 1.807) is 5.51 Å². The van der Waals surface area contributed by atoms with Gasteiger partial charge in [0.05, 0.1) is 23.0 Å². The van der Waals surface area contributed by atoms with Crippen molar-refractivity contribution >= 4 is 22.9 Å². The number of hydrogen-bond acceptors (Lipinski definition) is 5. The van der Waals surface area contributed by atoms with Gasteiger partial charge in [0.25, 0.3) is 11.6 Å². The lowest BCUT2D eigenvalue weighted by Crippen LogP contribution is -2.23. The van der Waals surface area contributed by atoms with E-state index in [1.807, 2.05) is 0 Å². The third-order valence-electron chi connectivity index (χ3n) is 2.39. The monoisotopic (exact) mass is 299 g/mol. The van der Waals surface area contributed by atoms with Crippen molar-refractivity contribution in [2.24, 2.45) is 0 Å². The van der Waals surface area contributed by atoms with E-state index in [-0.39, 0.29) is 6.54 Å². The Labute approximate surface area is 115 Å². The Hall–Kier alpha value is -2.42. The van der Waals surface area contributed by atoms with Crippen molar-refractivity contribution < 1.29 is 18.5 Å². The fourth-order valence-corrected chi connectivity index (χ4v) is 2.00. The molecule has 0 fully saturated rings. The van der Waals surface area contributed by atoms with Gasteiger partial charge in [-0.1, -0.05) is 0 Å². The lowest BCUT2D eigenvalue weighted by atomic mass is 10.1. The molecule has 0 spiro atoms. The molecule has 0 aliphatic rings. The van der Waals surface area contributed by atoms with E-state index < -0.39 is 33.7 Å². The average Bonchev–Trinajstić information content (AvgIpc) is 2.91. The Morgan fingerprint density at radius 2 is 2.10 bits per heavy atom. The number of nitro benzene ring substituents is 1. The zero-order valence-corrected chi connectivity index (χ0v) is 10.6. The summed E-state index contributed by atoms with van der Waals surface area (Å²) in [5.74, 6) is -3.56. The number of rotatable bonds is 4. The van der Waals surface area contributed by atoms with E-state index >= 15 is 0 Å². The normalized spacial score (nSPS) is 10.3. The first-order chi connectivity index (χ1) is 9.49. The maximum absolute atomic E-state index is 13.1. The van der Waals surface area contributed by atoms with Crippen molar-refractivity contribution in [3.8, 4) is 0 Å². The first-order valence-corrected chi connectivity index (χ1v) is 6.16. The number of aromatic nitrogens is 1. The van der Waals surface area contributed by atoms with E-state index in [4.69, 9.17) is 0 Å². The minimum atomic E-state index is -1.38. The smallest absolute Gasteiger partial charge is 0.285 e. The van der Waals surface area contributed by atoms with Crippen LogP contribution in [0.15, 0.2) is 23.8 Å². The molecule has 0 saturated heterocycles. The second kappa shape index (κ2) is 5.70. The summed E-state index contributed by atoms with van der Waals surface area (Å²) in [5, 5.41) is 13.1. The molecule has 0 saturated carbocycles. The van der Waals surface area contributed by atoms with Gasteiger partial charge < -0.3 is 5.32 Å². The molecule has 2 aromatic rings. The van der Waals surface area contributed by atoms with Gasteiger partial charge in [0.2, 0.25) is 0 Å². The van der Waals surface area contributed by atoms with Crippen molar-refractivity contribution in [2.75, 3.05) is 0 Å². The van der Waals surface area contributed by atoms with Crippen molar-refractivity contribution in [3.05, 3.63) is 56.0 Å². The molecule has 1 aromatic carbocycles. The van der Waals surface area contributed by atoms with Crippen molar-refractivity contribution in [1.29, 1.82) is 0 Å². The molecule has 9 heteroatoms. The maximum Gasteiger partial charge on any atom is 0.285 e. The number of thiazole rings is 1. The van der Waals surface area contributed by atoms with Crippen LogP contribution in [0, 0.1) is 21.7 Å². The number of benzene rings is 1. The van der Waals surface area contributed by atoms with E-state index in [1.165, 1.54) is 17.5 Å². The Kier molecular flexibility index (Phi) is 3.99. The highest BCUT2D eigenvalue weighted by molar-refractivity contribution is 7.09. The summed E-state index contributed by atoms with van der Waals surface area (Å²) in [7, 11) is 0. The number of nitrogens with one attached hydrogen (secondary N) is 1. The van der Waals surface area contributed by atoms with Gasteiger partial charge >= 0.3 is 0 Å². The molecule has 104 valence electrons. The van der Waals surface area contributed by atoms with Gasteiger partial charge in [-0.15, -0.1) is 11.3 Å². The van der Waals surface area contributed by atoms with E-state index in [0.717, 1.165) is 4.88 Å². The molecule has 1 aromatic heterocycles. The number of nitrogens with zero attached hydrogens (tertiary/aromatic N) is 2. The number of hydrogen-bond donors (Lipinski definition) is 1. The highest BCUT2D eigenvalue weighted by Gasteiger charge is 2.23. The highest BCUT2D eigenvalue weighted by atomic mass is 32.1. The molecular formula is C11H7F2N3O3S. The number of carbonyl (C=O) groups excluding carboxylic acids is 1. The molecule has 20 heavy (non-hydrogen) atoms. The first kappa shape index (κ1) is 14.0. The van der Waals surface area contributed by atoms with Crippen molar-refractivity contribution in [1.82, 2.24) is 10.3 Å². The summed E-state index contributed by atoms with van der Waals surface area (Å²) < 4.78 is 26.1. The second-order valence-corrected chi connectivity index (χ2v) is 4.66. The minimum Gasteiger partial charge on any atom is -0.347 e. The minimum absolute atomic E-state index is 0.0969. The van der Waals surface area contributed by atoms with E-state index in [2.05, 4.69) is 10.3 Å². The summed E-state index contributed by atoms with van der Waals surface area (Å²) >= 11 is 1.28. The molecule has 0 aliphatic heterocycles. The number of halogens is 2.